The van der Waals surface area contributed by atoms with Gasteiger partial charge in [0.05, 0.1) is 28.7 Å². The number of fused-ring (bicyclic) bond motifs is 1. The Bertz CT molecular complexity index is 1080. The fourth-order valence-corrected chi connectivity index (χ4v) is 4.49. The second kappa shape index (κ2) is 7.79. The molecular formula is C21H19F3N4OS. The molecule has 4 rings (SSSR count). The van der Waals surface area contributed by atoms with E-state index in [-0.39, 0.29) is 16.8 Å². The van der Waals surface area contributed by atoms with Crippen LogP contribution in [0, 0.1) is 6.92 Å². The van der Waals surface area contributed by atoms with Gasteiger partial charge < -0.3 is 4.90 Å². The van der Waals surface area contributed by atoms with E-state index in [0.29, 0.717) is 34.9 Å². The van der Waals surface area contributed by atoms with E-state index in [9.17, 15) is 18.0 Å². The van der Waals surface area contributed by atoms with Crippen molar-refractivity contribution in [1.29, 1.82) is 0 Å². The average Bonchev–Trinajstić information content (AvgIpc) is 3.01. The molecule has 3 aromatic rings. The number of hydrogen-bond acceptors (Lipinski definition) is 4. The lowest BCUT2D eigenvalue weighted by atomic mass is 10.1. The van der Waals surface area contributed by atoms with E-state index in [1.807, 2.05) is 13.0 Å². The molecule has 1 aromatic carbocycles. The van der Waals surface area contributed by atoms with Gasteiger partial charge in [-0.2, -0.15) is 18.3 Å². The number of halogens is 3. The van der Waals surface area contributed by atoms with E-state index in [0.717, 1.165) is 12.1 Å². The van der Waals surface area contributed by atoms with Crippen LogP contribution in [0.2, 0.25) is 0 Å². The lowest BCUT2D eigenvalue weighted by Gasteiger charge is -2.23. The summed E-state index contributed by atoms with van der Waals surface area (Å²) in [4.78, 5) is 19.8. The molecule has 1 aliphatic heterocycles. The van der Waals surface area contributed by atoms with E-state index in [2.05, 4.69) is 10.1 Å². The Morgan fingerprint density at radius 2 is 2.03 bits per heavy atom. The van der Waals surface area contributed by atoms with E-state index in [1.54, 1.807) is 29.9 Å². The monoisotopic (exact) mass is 432 g/mol. The van der Waals surface area contributed by atoms with E-state index in [1.165, 1.54) is 28.9 Å². The molecule has 1 atom stereocenters. The Hall–Kier alpha value is -2.81. The molecule has 9 heteroatoms. The maximum Gasteiger partial charge on any atom is 0.416 e. The largest absolute Gasteiger partial charge is 0.416 e. The van der Waals surface area contributed by atoms with Gasteiger partial charge in [-0.15, -0.1) is 11.8 Å². The zero-order valence-corrected chi connectivity index (χ0v) is 17.2. The second-order valence-corrected chi connectivity index (χ2v) is 8.58. The first kappa shape index (κ1) is 20.5. The highest BCUT2D eigenvalue weighted by atomic mass is 32.2. The smallest absolute Gasteiger partial charge is 0.307 e. The minimum absolute atomic E-state index is 0.177. The van der Waals surface area contributed by atoms with Crippen molar-refractivity contribution < 1.29 is 18.0 Å². The molecule has 30 heavy (non-hydrogen) atoms. The maximum atomic E-state index is 13.4. The number of anilines is 1. The van der Waals surface area contributed by atoms with Crippen LogP contribution in [0.1, 0.15) is 35.0 Å². The Morgan fingerprint density at radius 1 is 1.23 bits per heavy atom. The van der Waals surface area contributed by atoms with Gasteiger partial charge in [-0.05, 0) is 43.7 Å². The van der Waals surface area contributed by atoms with Gasteiger partial charge in [-0.3, -0.25) is 4.79 Å². The number of amides is 1. The van der Waals surface area contributed by atoms with Gasteiger partial charge in [0.2, 0.25) is 0 Å². The summed E-state index contributed by atoms with van der Waals surface area (Å²) in [5.74, 6) is 0.193. The number of rotatable bonds is 2. The zero-order chi connectivity index (χ0) is 21.5. The van der Waals surface area contributed by atoms with Crippen LogP contribution < -0.4 is 4.90 Å². The van der Waals surface area contributed by atoms with Crippen LogP contribution in [0.15, 0.2) is 53.7 Å². The van der Waals surface area contributed by atoms with Gasteiger partial charge in [0, 0.05) is 22.9 Å². The summed E-state index contributed by atoms with van der Waals surface area (Å²) in [5.41, 5.74) is 0.435. The van der Waals surface area contributed by atoms with Crippen molar-refractivity contribution in [2.24, 2.45) is 0 Å². The Kier molecular flexibility index (Phi) is 5.31. The third kappa shape index (κ3) is 3.81. The van der Waals surface area contributed by atoms with E-state index in [4.69, 9.17) is 0 Å². The molecule has 0 saturated carbocycles. The minimum atomic E-state index is -4.48. The lowest BCUT2D eigenvalue weighted by molar-refractivity contribution is -0.137. The molecule has 0 bridgehead atoms. The van der Waals surface area contributed by atoms with Gasteiger partial charge in [-0.25, -0.2) is 9.67 Å². The van der Waals surface area contributed by atoms with Crippen LogP contribution in [-0.2, 0) is 6.18 Å². The minimum Gasteiger partial charge on any atom is -0.307 e. The Labute approximate surface area is 175 Å². The Morgan fingerprint density at radius 3 is 2.73 bits per heavy atom. The third-order valence-electron chi connectivity index (χ3n) is 5.02. The molecule has 156 valence electrons. The first-order valence-corrected chi connectivity index (χ1v) is 10.3. The van der Waals surface area contributed by atoms with Crippen LogP contribution in [0.3, 0.4) is 0 Å². The number of carbonyl (C=O) groups is 1. The van der Waals surface area contributed by atoms with Crippen molar-refractivity contribution >= 4 is 23.4 Å². The SMILES string of the molecule is Cc1c(C(=O)N2CCC(C)Sc3ccc(C(F)(F)F)cc32)cnn1-c1ccccn1. The quantitative estimate of drug-likeness (QED) is 0.564. The topological polar surface area (TPSA) is 51.0 Å². The number of hydrogen-bond donors (Lipinski definition) is 0. The molecule has 5 nitrogen and oxygen atoms in total. The van der Waals surface area contributed by atoms with Gasteiger partial charge in [0.15, 0.2) is 5.82 Å². The number of alkyl halides is 3. The van der Waals surface area contributed by atoms with Crippen molar-refractivity contribution in [2.45, 2.75) is 36.6 Å². The molecule has 0 spiro atoms. The molecular weight excluding hydrogens is 413 g/mol. The molecule has 3 heterocycles. The molecule has 2 aromatic heterocycles. The van der Waals surface area contributed by atoms with Gasteiger partial charge in [0.25, 0.3) is 5.91 Å². The fraction of sp³-hybridized carbons (Fsp3) is 0.286. The standard InChI is InChI=1S/C21H19F3N4OS/c1-13-8-10-27(17-11-15(21(22,23)24)6-7-18(17)30-13)20(29)16-12-26-28(14(16)2)19-5-3-4-9-25-19/h3-7,9,11-13H,8,10H2,1-2H3. The van der Waals surface area contributed by atoms with Gasteiger partial charge in [0.1, 0.15) is 0 Å². The summed E-state index contributed by atoms with van der Waals surface area (Å²) >= 11 is 1.48. The lowest BCUT2D eigenvalue weighted by Crippen LogP contribution is -2.32. The highest BCUT2D eigenvalue weighted by molar-refractivity contribution is 8.00. The van der Waals surface area contributed by atoms with Crippen LogP contribution in [0.25, 0.3) is 5.82 Å². The zero-order valence-electron chi connectivity index (χ0n) is 16.3. The molecule has 0 aliphatic carbocycles. The number of nitrogens with zero attached hydrogens (tertiary/aromatic N) is 4. The van der Waals surface area contributed by atoms with Gasteiger partial charge in [-0.1, -0.05) is 13.0 Å². The van der Waals surface area contributed by atoms with Gasteiger partial charge >= 0.3 is 6.18 Å². The predicted molar refractivity (Wildman–Crippen MR) is 109 cm³/mol. The van der Waals surface area contributed by atoms with E-state index >= 15 is 0 Å². The van der Waals surface area contributed by atoms with Crippen molar-refractivity contribution in [3.8, 4) is 5.82 Å². The van der Waals surface area contributed by atoms with Crippen molar-refractivity contribution in [3.05, 3.63) is 65.6 Å². The molecule has 1 amide bonds. The number of pyridine rings is 1. The van der Waals surface area contributed by atoms with Crippen molar-refractivity contribution in [1.82, 2.24) is 14.8 Å². The summed E-state index contributed by atoms with van der Waals surface area (Å²) in [6, 6.07) is 8.94. The first-order chi connectivity index (χ1) is 14.3. The highest BCUT2D eigenvalue weighted by Gasteiger charge is 2.34. The summed E-state index contributed by atoms with van der Waals surface area (Å²) < 4.78 is 41.5. The normalized spacial score (nSPS) is 16.8. The summed E-state index contributed by atoms with van der Waals surface area (Å²) in [6.07, 6.45) is -0.743. The van der Waals surface area contributed by atoms with E-state index < -0.39 is 11.7 Å². The summed E-state index contributed by atoms with van der Waals surface area (Å²) in [6.45, 7) is 4.08. The van der Waals surface area contributed by atoms with Crippen LogP contribution in [0.5, 0.6) is 0 Å². The number of thioether (sulfide) groups is 1. The molecule has 0 radical (unpaired) electrons. The summed E-state index contributed by atoms with van der Waals surface area (Å²) in [7, 11) is 0. The third-order valence-corrected chi connectivity index (χ3v) is 6.25. The molecule has 0 saturated heterocycles. The fourth-order valence-electron chi connectivity index (χ4n) is 3.40. The van der Waals surface area contributed by atoms with Crippen molar-refractivity contribution in [2.75, 3.05) is 11.4 Å². The molecule has 0 N–H and O–H groups in total. The van der Waals surface area contributed by atoms with Crippen LogP contribution in [0.4, 0.5) is 18.9 Å². The Balaban J connectivity index is 1.76. The predicted octanol–water partition coefficient (Wildman–Crippen LogP) is 5.13. The number of benzene rings is 1. The number of aromatic nitrogens is 3. The first-order valence-electron chi connectivity index (χ1n) is 9.41. The highest BCUT2D eigenvalue weighted by Crippen LogP contribution is 2.41. The molecule has 0 fully saturated rings. The maximum absolute atomic E-state index is 13.4. The van der Waals surface area contributed by atoms with Crippen molar-refractivity contribution in [3.63, 3.8) is 0 Å². The average molecular weight is 432 g/mol. The van der Waals surface area contributed by atoms with Crippen LogP contribution >= 0.6 is 11.8 Å². The second-order valence-electron chi connectivity index (χ2n) is 7.10. The summed E-state index contributed by atoms with van der Waals surface area (Å²) in [5, 5.41) is 4.45. The molecule has 1 aliphatic rings. The van der Waals surface area contributed by atoms with Crippen LogP contribution in [-0.4, -0.2) is 32.5 Å². The molecule has 1 unspecified atom stereocenters. The number of carbonyl (C=O) groups excluding carboxylic acids is 1.